The van der Waals surface area contributed by atoms with E-state index >= 15 is 0 Å². The topological polar surface area (TPSA) is 76.2 Å². The maximum atomic E-state index is 14.4. The summed E-state index contributed by atoms with van der Waals surface area (Å²) in [5, 5.41) is 7.25. The lowest BCUT2D eigenvalue weighted by molar-refractivity contribution is -0.0675. The van der Waals surface area contributed by atoms with E-state index in [0.29, 0.717) is 13.0 Å². The molecule has 1 saturated heterocycles. The molecule has 168 valence electrons. The molecular formula is C22H26F2N8. The van der Waals surface area contributed by atoms with Crippen molar-refractivity contribution in [2.45, 2.75) is 45.2 Å². The second kappa shape index (κ2) is 7.47. The van der Waals surface area contributed by atoms with Crippen molar-refractivity contribution in [3.63, 3.8) is 0 Å². The number of nitrogens with one attached hydrogen (secondary N) is 1. The average molecular weight is 441 g/mol. The van der Waals surface area contributed by atoms with Crippen LogP contribution in [0, 0.1) is 6.92 Å². The van der Waals surface area contributed by atoms with Crippen molar-refractivity contribution >= 4 is 22.6 Å². The predicted octanol–water partition coefficient (Wildman–Crippen LogP) is 3.78. The van der Waals surface area contributed by atoms with Crippen LogP contribution >= 0.6 is 0 Å². The van der Waals surface area contributed by atoms with Gasteiger partial charge in [0.1, 0.15) is 11.3 Å². The van der Waals surface area contributed by atoms with Gasteiger partial charge in [-0.3, -0.25) is 0 Å². The Balaban J connectivity index is 1.48. The minimum atomic E-state index is -2.84. The minimum absolute atomic E-state index is 0.186. The lowest BCUT2D eigenvalue weighted by Crippen LogP contribution is -2.53. The molecule has 1 aliphatic rings. The van der Waals surface area contributed by atoms with E-state index in [1.54, 1.807) is 28.9 Å². The normalized spacial score (nSPS) is 19.3. The first-order valence-corrected chi connectivity index (χ1v) is 10.8. The van der Waals surface area contributed by atoms with Crippen LogP contribution in [0.1, 0.15) is 32.1 Å². The predicted molar refractivity (Wildman–Crippen MR) is 119 cm³/mol. The van der Waals surface area contributed by atoms with Gasteiger partial charge in [-0.25, -0.2) is 28.2 Å². The number of piperidine rings is 1. The second-order valence-electron chi connectivity index (χ2n) is 8.79. The molecule has 0 saturated carbocycles. The fourth-order valence-corrected chi connectivity index (χ4v) is 4.48. The number of aromatic nitrogens is 6. The van der Waals surface area contributed by atoms with Crippen LogP contribution in [0.15, 0.2) is 30.6 Å². The Morgan fingerprint density at radius 2 is 2.00 bits per heavy atom. The SMILES string of the molecule is Cc1nc2ccc(-c3ccn4nc(NC5CCN(C)CC5(F)F)ncc34)nc2n1C(C)C. The Labute approximate surface area is 184 Å². The molecule has 0 spiro atoms. The highest BCUT2D eigenvalue weighted by molar-refractivity contribution is 5.82. The van der Waals surface area contributed by atoms with Crippen LogP contribution in [0.2, 0.25) is 0 Å². The summed E-state index contributed by atoms with van der Waals surface area (Å²) in [6.45, 7) is 6.51. The molecule has 5 rings (SSSR count). The van der Waals surface area contributed by atoms with Gasteiger partial charge in [0.05, 0.1) is 30.0 Å². The van der Waals surface area contributed by atoms with E-state index in [0.717, 1.165) is 33.8 Å². The zero-order valence-corrected chi connectivity index (χ0v) is 18.5. The van der Waals surface area contributed by atoms with Gasteiger partial charge in [-0.15, -0.1) is 5.10 Å². The fraction of sp³-hybridized carbons (Fsp3) is 0.455. The van der Waals surface area contributed by atoms with Crippen molar-refractivity contribution in [2.24, 2.45) is 0 Å². The van der Waals surface area contributed by atoms with E-state index in [1.807, 2.05) is 25.1 Å². The molecule has 8 nitrogen and oxygen atoms in total. The van der Waals surface area contributed by atoms with Gasteiger partial charge in [-0.2, -0.15) is 0 Å². The average Bonchev–Trinajstić information content (AvgIpc) is 3.28. The largest absolute Gasteiger partial charge is 0.344 e. The highest BCUT2D eigenvalue weighted by Gasteiger charge is 2.44. The summed E-state index contributed by atoms with van der Waals surface area (Å²) in [4.78, 5) is 15.4. The van der Waals surface area contributed by atoms with Gasteiger partial charge in [0, 0.05) is 24.3 Å². The molecule has 1 unspecified atom stereocenters. The number of hydrogen-bond donors (Lipinski definition) is 1. The van der Waals surface area contributed by atoms with Crippen LogP contribution in [0.5, 0.6) is 0 Å². The third-order valence-electron chi connectivity index (χ3n) is 6.02. The van der Waals surface area contributed by atoms with Crippen molar-refractivity contribution in [1.29, 1.82) is 0 Å². The Bertz CT molecular complexity index is 1290. The van der Waals surface area contributed by atoms with Crippen molar-refractivity contribution < 1.29 is 8.78 Å². The molecule has 10 heteroatoms. The number of hydrogen-bond acceptors (Lipinski definition) is 6. The fourth-order valence-electron chi connectivity index (χ4n) is 4.48. The molecule has 5 heterocycles. The molecule has 0 bridgehead atoms. The highest BCUT2D eigenvalue weighted by Crippen LogP contribution is 2.30. The first-order valence-electron chi connectivity index (χ1n) is 10.8. The maximum absolute atomic E-state index is 14.4. The number of anilines is 1. The number of fused-ring (bicyclic) bond motifs is 2. The standard InChI is InChI=1S/C22H26F2N8/c1-13(2)32-14(3)26-17-6-5-16(27-20(17)32)15-7-10-31-18(15)11-25-21(29-31)28-19-8-9-30(4)12-22(19,23)24/h5-7,10-11,13,19H,8-9,12H2,1-4H3,(H,28,29). The number of halogens is 2. The van der Waals surface area contributed by atoms with E-state index in [2.05, 4.69) is 38.8 Å². The number of alkyl halides is 2. The monoisotopic (exact) mass is 440 g/mol. The van der Waals surface area contributed by atoms with Crippen LogP contribution in [0.25, 0.3) is 27.9 Å². The van der Waals surface area contributed by atoms with Gasteiger partial charge >= 0.3 is 0 Å². The molecule has 1 N–H and O–H groups in total. The molecule has 0 radical (unpaired) electrons. The summed E-state index contributed by atoms with van der Waals surface area (Å²) in [6, 6.07) is 5.05. The molecule has 32 heavy (non-hydrogen) atoms. The summed E-state index contributed by atoms with van der Waals surface area (Å²) < 4.78 is 32.5. The van der Waals surface area contributed by atoms with Gasteiger partial charge in [-0.05, 0) is 52.4 Å². The molecule has 4 aromatic heterocycles. The lowest BCUT2D eigenvalue weighted by atomic mass is 10.0. The summed E-state index contributed by atoms with van der Waals surface area (Å²) in [7, 11) is 1.70. The van der Waals surface area contributed by atoms with Gasteiger partial charge in [0.15, 0.2) is 5.65 Å². The number of rotatable bonds is 4. The smallest absolute Gasteiger partial charge is 0.280 e. The van der Waals surface area contributed by atoms with Gasteiger partial charge < -0.3 is 14.8 Å². The number of nitrogens with zero attached hydrogens (tertiary/aromatic N) is 7. The minimum Gasteiger partial charge on any atom is -0.344 e. The molecule has 0 aromatic carbocycles. The number of aryl methyl sites for hydroxylation is 1. The van der Waals surface area contributed by atoms with Crippen molar-refractivity contribution in [3.8, 4) is 11.3 Å². The zero-order chi connectivity index (χ0) is 22.6. The number of likely N-dealkylation sites (tertiary alicyclic amines) is 1. The summed E-state index contributed by atoms with van der Waals surface area (Å²) in [5.74, 6) is -1.73. The van der Waals surface area contributed by atoms with Crippen LogP contribution in [-0.2, 0) is 0 Å². The Hall–Kier alpha value is -3.14. The third kappa shape index (κ3) is 3.48. The van der Waals surface area contributed by atoms with E-state index in [9.17, 15) is 8.78 Å². The molecule has 1 atom stereocenters. The maximum Gasteiger partial charge on any atom is 0.280 e. The highest BCUT2D eigenvalue weighted by atomic mass is 19.3. The quantitative estimate of drug-likeness (QED) is 0.521. The van der Waals surface area contributed by atoms with E-state index in [-0.39, 0.29) is 18.5 Å². The van der Waals surface area contributed by atoms with Crippen LogP contribution < -0.4 is 5.32 Å². The molecule has 0 amide bonds. The Kier molecular flexibility index (Phi) is 4.85. The van der Waals surface area contributed by atoms with Crippen molar-refractivity contribution in [3.05, 3.63) is 36.4 Å². The summed E-state index contributed by atoms with van der Waals surface area (Å²) in [6.07, 6.45) is 3.77. The zero-order valence-electron chi connectivity index (χ0n) is 18.5. The second-order valence-corrected chi connectivity index (χ2v) is 8.79. The van der Waals surface area contributed by atoms with Crippen LogP contribution in [-0.4, -0.2) is 66.1 Å². The first kappa shape index (κ1) is 20.7. The van der Waals surface area contributed by atoms with Crippen LogP contribution in [0.3, 0.4) is 0 Å². The van der Waals surface area contributed by atoms with E-state index in [1.165, 1.54) is 0 Å². The summed E-state index contributed by atoms with van der Waals surface area (Å²) >= 11 is 0. The van der Waals surface area contributed by atoms with Crippen molar-refractivity contribution in [1.82, 2.24) is 34.0 Å². The Morgan fingerprint density at radius 3 is 2.75 bits per heavy atom. The van der Waals surface area contributed by atoms with E-state index in [4.69, 9.17) is 4.98 Å². The molecule has 0 aliphatic carbocycles. The molecule has 1 aliphatic heterocycles. The van der Waals surface area contributed by atoms with Gasteiger partial charge in [0.2, 0.25) is 5.95 Å². The third-order valence-corrected chi connectivity index (χ3v) is 6.02. The summed E-state index contributed by atoms with van der Waals surface area (Å²) in [5.41, 5.74) is 4.10. The number of imidazole rings is 1. The molecule has 4 aromatic rings. The molecule has 1 fully saturated rings. The van der Waals surface area contributed by atoms with Gasteiger partial charge in [0.25, 0.3) is 5.92 Å². The van der Waals surface area contributed by atoms with E-state index < -0.39 is 12.0 Å². The Morgan fingerprint density at radius 1 is 1.19 bits per heavy atom. The molecular weight excluding hydrogens is 414 g/mol. The van der Waals surface area contributed by atoms with Gasteiger partial charge in [-0.1, -0.05) is 0 Å². The van der Waals surface area contributed by atoms with Crippen molar-refractivity contribution in [2.75, 3.05) is 25.5 Å². The first-order chi connectivity index (χ1) is 15.2. The lowest BCUT2D eigenvalue weighted by Gasteiger charge is -2.36. The van der Waals surface area contributed by atoms with Crippen LogP contribution in [0.4, 0.5) is 14.7 Å². The number of pyridine rings is 1.